The van der Waals surface area contributed by atoms with E-state index in [1.807, 2.05) is 60.1 Å². The van der Waals surface area contributed by atoms with Crippen molar-refractivity contribution in [3.63, 3.8) is 0 Å². The number of carbonyl (C=O) groups excluding carboxylic acids is 1. The number of nitrogens with one attached hydrogen (secondary N) is 1. The number of amides is 1. The van der Waals surface area contributed by atoms with Crippen LogP contribution >= 0.6 is 0 Å². The molecule has 0 aliphatic carbocycles. The number of aromatic nitrogens is 2. The van der Waals surface area contributed by atoms with E-state index < -0.39 is 0 Å². The third-order valence-electron chi connectivity index (χ3n) is 5.20. The highest BCUT2D eigenvalue weighted by atomic mass is 16.5. The largest absolute Gasteiger partial charge is 0.497 e. The monoisotopic (exact) mass is 437 g/mol. The molecule has 170 valence electrons. The zero-order valence-electron chi connectivity index (χ0n) is 19.2. The number of hydrogen-bond acceptors (Lipinski definition) is 5. The first-order valence-electron chi connectivity index (χ1n) is 10.8. The van der Waals surface area contributed by atoms with Crippen molar-refractivity contribution in [2.24, 2.45) is 0 Å². The van der Waals surface area contributed by atoms with Gasteiger partial charge in [0, 0.05) is 25.6 Å². The van der Waals surface area contributed by atoms with Crippen LogP contribution < -0.4 is 14.8 Å². The van der Waals surface area contributed by atoms with Crippen molar-refractivity contribution in [2.45, 2.75) is 33.1 Å². The summed E-state index contributed by atoms with van der Waals surface area (Å²) in [5, 5.41) is 7.71. The van der Waals surface area contributed by atoms with Gasteiger partial charge in [-0.15, -0.1) is 0 Å². The molecule has 0 atom stereocenters. The number of methoxy groups -OCH3 is 2. The first-order valence-corrected chi connectivity index (χ1v) is 10.8. The van der Waals surface area contributed by atoms with Crippen LogP contribution in [-0.2, 0) is 22.4 Å². The Morgan fingerprint density at radius 2 is 1.84 bits per heavy atom. The minimum atomic E-state index is -0.0249. The second kappa shape index (κ2) is 11.3. The maximum atomic E-state index is 12.3. The molecule has 0 radical (unpaired) electrons. The second-order valence-corrected chi connectivity index (χ2v) is 7.40. The maximum Gasteiger partial charge on any atom is 0.226 e. The van der Waals surface area contributed by atoms with Crippen LogP contribution in [0.15, 0.2) is 48.5 Å². The molecule has 1 amide bonds. The third-order valence-corrected chi connectivity index (χ3v) is 5.20. The summed E-state index contributed by atoms with van der Waals surface area (Å²) in [6.45, 7) is 5.05. The van der Waals surface area contributed by atoms with Crippen LogP contribution in [0.5, 0.6) is 17.4 Å². The SMILES string of the molecule is CCc1nn(-c2ccc(OC)cc2)c(Oc2ccccc2C)c1CCC(=O)NCCOC. The number of para-hydroxylation sites is 1. The Morgan fingerprint density at radius 3 is 2.50 bits per heavy atom. The topological polar surface area (TPSA) is 74.6 Å². The Morgan fingerprint density at radius 1 is 1.09 bits per heavy atom. The van der Waals surface area contributed by atoms with Gasteiger partial charge in [-0.2, -0.15) is 5.10 Å². The number of rotatable bonds is 11. The highest BCUT2D eigenvalue weighted by Gasteiger charge is 2.21. The van der Waals surface area contributed by atoms with E-state index in [-0.39, 0.29) is 5.91 Å². The van der Waals surface area contributed by atoms with E-state index in [0.29, 0.717) is 31.9 Å². The maximum absolute atomic E-state index is 12.3. The normalized spacial score (nSPS) is 10.8. The van der Waals surface area contributed by atoms with Crippen molar-refractivity contribution in [2.75, 3.05) is 27.4 Å². The van der Waals surface area contributed by atoms with Crippen molar-refractivity contribution in [1.82, 2.24) is 15.1 Å². The van der Waals surface area contributed by atoms with Crippen molar-refractivity contribution >= 4 is 5.91 Å². The van der Waals surface area contributed by atoms with E-state index in [1.165, 1.54) is 0 Å². The summed E-state index contributed by atoms with van der Waals surface area (Å²) < 4.78 is 18.5. The highest BCUT2D eigenvalue weighted by molar-refractivity contribution is 5.76. The molecule has 0 aliphatic rings. The summed E-state index contributed by atoms with van der Waals surface area (Å²) in [6, 6.07) is 15.5. The summed E-state index contributed by atoms with van der Waals surface area (Å²) in [5.74, 6) is 2.13. The van der Waals surface area contributed by atoms with Crippen LogP contribution in [0.4, 0.5) is 0 Å². The number of nitrogens with zero attached hydrogens (tertiary/aromatic N) is 2. The van der Waals surface area contributed by atoms with Crippen molar-refractivity contribution in [3.8, 4) is 23.1 Å². The highest BCUT2D eigenvalue weighted by Crippen LogP contribution is 2.33. The van der Waals surface area contributed by atoms with Gasteiger partial charge in [-0.1, -0.05) is 25.1 Å². The van der Waals surface area contributed by atoms with Crippen molar-refractivity contribution in [3.05, 3.63) is 65.4 Å². The average molecular weight is 438 g/mol. The zero-order valence-corrected chi connectivity index (χ0v) is 19.2. The molecule has 1 heterocycles. The van der Waals surface area contributed by atoms with E-state index in [2.05, 4.69) is 12.2 Å². The van der Waals surface area contributed by atoms with E-state index in [1.54, 1.807) is 14.2 Å². The molecule has 1 aromatic heterocycles. The standard InChI is InChI=1S/C25H31N3O4/c1-5-22-21(14-15-24(29)26-16-17-30-3)25(32-23-9-7-6-8-18(23)2)28(27-22)19-10-12-20(31-4)13-11-19/h6-13H,5,14-17H2,1-4H3,(H,26,29). The van der Waals surface area contributed by atoms with Gasteiger partial charge in [-0.3, -0.25) is 4.79 Å². The number of carbonyl (C=O) groups is 1. The van der Waals surface area contributed by atoms with E-state index in [9.17, 15) is 4.79 Å². The summed E-state index contributed by atoms with van der Waals surface area (Å²) in [5.41, 5.74) is 3.73. The zero-order chi connectivity index (χ0) is 22.9. The Labute approximate surface area is 189 Å². The van der Waals surface area contributed by atoms with Crippen LogP contribution in [0, 0.1) is 6.92 Å². The quantitative estimate of drug-likeness (QED) is 0.454. The molecule has 32 heavy (non-hydrogen) atoms. The van der Waals surface area contributed by atoms with E-state index in [4.69, 9.17) is 19.3 Å². The van der Waals surface area contributed by atoms with Gasteiger partial charge in [-0.25, -0.2) is 4.68 Å². The van der Waals surface area contributed by atoms with Gasteiger partial charge in [-0.05, 0) is 55.7 Å². The first-order chi connectivity index (χ1) is 15.6. The van der Waals surface area contributed by atoms with Crippen LogP contribution in [0.3, 0.4) is 0 Å². The lowest BCUT2D eigenvalue weighted by Gasteiger charge is -2.13. The molecule has 2 aromatic carbocycles. The molecule has 7 heteroatoms. The number of hydrogen-bond donors (Lipinski definition) is 1. The fraction of sp³-hybridized carbons (Fsp3) is 0.360. The predicted octanol–water partition coefficient (Wildman–Crippen LogP) is 4.24. The lowest BCUT2D eigenvalue weighted by Crippen LogP contribution is -2.27. The molecule has 0 bridgehead atoms. The number of benzene rings is 2. The molecule has 0 fully saturated rings. The molecular weight excluding hydrogens is 406 g/mol. The number of aryl methyl sites for hydroxylation is 2. The fourth-order valence-electron chi connectivity index (χ4n) is 3.41. The Kier molecular flexibility index (Phi) is 8.27. The molecule has 3 rings (SSSR count). The summed E-state index contributed by atoms with van der Waals surface area (Å²) in [4.78, 5) is 12.3. The second-order valence-electron chi connectivity index (χ2n) is 7.40. The van der Waals surface area contributed by atoms with Gasteiger partial charge in [0.15, 0.2) is 0 Å². The van der Waals surface area contributed by atoms with Gasteiger partial charge < -0.3 is 19.5 Å². The van der Waals surface area contributed by atoms with Gasteiger partial charge in [0.25, 0.3) is 0 Å². The molecule has 3 aromatic rings. The molecule has 0 saturated carbocycles. The summed E-state index contributed by atoms with van der Waals surface area (Å²) in [6.07, 6.45) is 1.60. The van der Waals surface area contributed by atoms with Crippen molar-refractivity contribution in [1.29, 1.82) is 0 Å². The first kappa shape index (κ1) is 23.3. The predicted molar refractivity (Wildman–Crippen MR) is 124 cm³/mol. The minimum absolute atomic E-state index is 0.0249. The summed E-state index contributed by atoms with van der Waals surface area (Å²) in [7, 11) is 3.25. The Bertz CT molecular complexity index is 1030. The summed E-state index contributed by atoms with van der Waals surface area (Å²) >= 11 is 0. The van der Waals surface area contributed by atoms with E-state index >= 15 is 0 Å². The lowest BCUT2D eigenvalue weighted by atomic mass is 10.1. The average Bonchev–Trinajstić information content (AvgIpc) is 3.16. The van der Waals surface area contributed by atoms with Crippen LogP contribution in [-0.4, -0.2) is 43.1 Å². The molecular formula is C25H31N3O4. The molecule has 0 aliphatic heterocycles. The van der Waals surface area contributed by atoms with Gasteiger partial charge in [0.1, 0.15) is 11.5 Å². The Balaban J connectivity index is 1.96. The van der Waals surface area contributed by atoms with Gasteiger partial charge in [0.2, 0.25) is 11.8 Å². The fourth-order valence-corrected chi connectivity index (χ4v) is 3.41. The number of ether oxygens (including phenoxy) is 3. The van der Waals surface area contributed by atoms with Gasteiger partial charge >= 0.3 is 0 Å². The third kappa shape index (κ3) is 5.68. The minimum Gasteiger partial charge on any atom is -0.497 e. The molecule has 1 N–H and O–H groups in total. The smallest absolute Gasteiger partial charge is 0.226 e. The van der Waals surface area contributed by atoms with Crippen molar-refractivity contribution < 1.29 is 19.0 Å². The van der Waals surface area contributed by atoms with Crippen LogP contribution in [0.2, 0.25) is 0 Å². The van der Waals surface area contributed by atoms with Gasteiger partial charge in [0.05, 0.1) is 25.1 Å². The Hall–Kier alpha value is -3.32. The molecule has 0 spiro atoms. The molecule has 7 nitrogen and oxygen atoms in total. The van der Waals surface area contributed by atoms with E-state index in [0.717, 1.165) is 40.4 Å². The lowest BCUT2D eigenvalue weighted by molar-refractivity contribution is -0.121. The van der Waals surface area contributed by atoms with Crippen LogP contribution in [0.1, 0.15) is 30.2 Å². The molecule has 0 unspecified atom stereocenters. The molecule has 0 saturated heterocycles. The van der Waals surface area contributed by atoms with Crippen LogP contribution in [0.25, 0.3) is 5.69 Å².